The quantitative estimate of drug-likeness (QED) is 0.118. The third-order valence-corrected chi connectivity index (χ3v) is 6.92. The number of hydrogen-bond acceptors (Lipinski definition) is 7. The molecule has 0 bridgehead atoms. The number of halogens is 4. The van der Waals surface area contributed by atoms with Gasteiger partial charge in [0.2, 0.25) is 17.6 Å². The standard InChI is InChI=1S/C34H35F4N5O6/c1-34(2,3)49-33(47)43-25-17-23(37)29(38)31(48-19-20-13-14-21(35)16-22(20)36)30(25)40-26(43)18-42-15-9-10-24(32(42)46)39-27(44)11-7-6-8-12-28(45)41(4)5/h8-10,12-17H,6-7,11,18-19H2,1-5H3,(H,39,44)/b12-8+. The van der Waals surface area contributed by atoms with Gasteiger partial charge in [0.05, 0.1) is 12.1 Å². The Bertz CT molecular complexity index is 1980. The van der Waals surface area contributed by atoms with E-state index in [0.717, 1.165) is 21.3 Å². The molecule has 15 heteroatoms. The van der Waals surface area contributed by atoms with Crippen molar-refractivity contribution in [1.29, 1.82) is 0 Å². The summed E-state index contributed by atoms with van der Waals surface area (Å²) >= 11 is 0. The number of rotatable bonds is 11. The molecular formula is C34H35F4N5O6. The Morgan fingerprint density at radius 1 is 1.04 bits per heavy atom. The van der Waals surface area contributed by atoms with Gasteiger partial charge in [0.25, 0.3) is 5.56 Å². The van der Waals surface area contributed by atoms with Crippen LogP contribution in [0.1, 0.15) is 51.4 Å². The lowest BCUT2D eigenvalue weighted by Crippen LogP contribution is -2.30. The second kappa shape index (κ2) is 15.2. The summed E-state index contributed by atoms with van der Waals surface area (Å²) < 4.78 is 70.7. The summed E-state index contributed by atoms with van der Waals surface area (Å²) in [5.74, 6) is -6.29. The number of hydrogen-bond donors (Lipinski definition) is 1. The van der Waals surface area contributed by atoms with Crippen LogP contribution in [0.25, 0.3) is 11.0 Å². The molecular weight excluding hydrogens is 650 g/mol. The fourth-order valence-corrected chi connectivity index (χ4v) is 4.55. The van der Waals surface area contributed by atoms with Gasteiger partial charge in [-0.2, -0.15) is 4.39 Å². The lowest BCUT2D eigenvalue weighted by atomic mass is 10.2. The Morgan fingerprint density at radius 2 is 1.78 bits per heavy atom. The molecule has 4 rings (SSSR count). The first kappa shape index (κ1) is 36.4. The summed E-state index contributed by atoms with van der Waals surface area (Å²) in [6.07, 6.45) is 4.32. The van der Waals surface area contributed by atoms with Gasteiger partial charge < -0.3 is 24.3 Å². The molecule has 2 amide bonds. The number of anilines is 1. The molecule has 1 N–H and O–H groups in total. The zero-order valence-electron chi connectivity index (χ0n) is 27.5. The highest BCUT2D eigenvalue weighted by molar-refractivity contribution is 5.92. The van der Waals surface area contributed by atoms with Crippen LogP contribution in [0.5, 0.6) is 5.75 Å². The number of fused-ring (bicyclic) bond motifs is 1. The SMILES string of the molecule is CN(C)C(=O)/C=C/CCCC(=O)Nc1cccn(Cc2nc3c(OCc4ccc(F)cc4F)c(F)c(F)cc3n2C(=O)OC(C)(C)C)c1=O. The van der Waals surface area contributed by atoms with Gasteiger partial charge in [-0.25, -0.2) is 27.5 Å². The third kappa shape index (κ3) is 9.12. The minimum absolute atomic E-state index is 0.0605. The number of amides is 2. The average molecular weight is 686 g/mol. The van der Waals surface area contributed by atoms with Crippen molar-refractivity contribution in [1.82, 2.24) is 19.0 Å². The van der Waals surface area contributed by atoms with Gasteiger partial charge in [-0.3, -0.25) is 14.4 Å². The summed E-state index contributed by atoms with van der Waals surface area (Å²) in [6, 6.07) is 6.22. The average Bonchev–Trinajstić information content (AvgIpc) is 3.36. The van der Waals surface area contributed by atoms with Crippen molar-refractivity contribution in [3.8, 4) is 5.75 Å². The highest BCUT2D eigenvalue weighted by Gasteiger charge is 2.28. The number of likely N-dealkylation sites (N-methyl/N-ethyl adjacent to an activating group) is 1. The van der Waals surface area contributed by atoms with E-state index < -0.39 is 65.3 Å². The molecule has 11 nitrogen and oxygen atoms in total. The summed E-state index contributed by atoms with van der Waals surface area (Å²) in [5, 5.41) is 2.55. The Hall–Kier alpha value is -5.47. The van der Waals surface area contributed by atoms with Crippen LogP contribution < -0.4 is 15.6 Å². The van der Waals surface area contributed by atoms with Crippen LogP contribution in [0.15, 0.2) is 59.5 Å². The molecule has 4 aromatic rings. The first-order valence-electron chi connectivity index (χ1n) is 15.1. The van der Waals surface area contributed by atoms with E-state index in [1.807, 2.05) is 0 Å². The Labute approximate surface area is 278 Å². The lowest BCUT2D eigenvalue weighted by Gasteiger charge is -2.20. The lowest BCUT2D eigenvalue weighted by molar-refractivity contribution is -0.123. The molecule has 0 aliphatic rings. The van der Waals surface area contributed by atoms with Crippen LogP contribution in [-0.2, 0) is 27.5 Å². The van der Waals surface area contributed by atoms with Gasteiger partial charge in [-0.05, 0) is 64.0 Å². The van der Waals surface area contributed by atoms with Gasteiger partial charge in [-0.1, -0.05) is 6.08 Å². The molecule has 0 fully saturated rings. The minimum Gasteiger partial charge on any atom is -0.483 e. The molecule has 0 spiro atoms. The summed E-state index contributed by atoms with van der Waals surface area (Å²) in [6.45, 7) is 3.71. The fraction of sp³-hybridized carbons (Fsp3) is 0.324. The first-order chi connectivity index (χ1) is 23.1. The van der Waals surface area contributed by atoms with Crippen LogP contribution in [0, 0.1) is 23.3 Å². The topological polar surface area (TPSA) is 125 Å². The predicted octanol–water partition coefficient (Wildman–Crippen LogP) is 5.92. The maximum Gasteiger partial charge on any atom is 0.420 e. The number of pyridine rings is 1. The number of unbranched alkanes of at least 4 members (excludes halogenated alkanes) is 1. The Morgan fingerprint density at radius 3 is 2.45 bits per heavy atom. The van der Waals surface area contributed by atoms with E-state index in [9.17, 15) is 32.3 Å². The van der Waals surface area contributed by atoms with Gasteiger partial charge in [0, 0.05) is 44.4 Å². The Kier molecular flexibility index (Phi) is 11.3. The summed E-state index contributed by atoms with van der Waals surface area (Å²) in [4.78, 5) is 56.7. The monoisotopic (exact) mass is 685 g/mol. The molecule has 0 saturated carbocycles. The minimum atomic E-state index is -1.47. The highest BCUT2D eigenvalue weighted by atomic mass is 19.2. The third-order valence-electron chi connectivity index (χ3n) is 6.92. The van der Waals surface area contributed by atoms with E-state index in [0.29, 0.717) is 25.0 Å². The van der Waals surface area contributed by atoms with Crippen LogP contribution in [0.4, 0.5) is 28.0 Å². The number of benzene rings is 2. The van der Waals surface area contributed by atoms with Crippen molar-refractivity contribution in [3.63, 3.8) is 0 Å². The van der Waals surface area contributed by atoms with Crippen molar-refractivity contribution >= 4 is 34.6 Å². The van der Waals surface area contributed by atoms with E-state index in [1.165, 1.54) is 29.3 Å². The molecule has 49 heavy (non-hydrogen) atoms. The number of nitrogens with zero attached hydrogens (tertiary/aromatic N) is 4. The Balaban J connectivity index is 1.66. The number of aromatic nitrogens is 3. The molecule has 260 valence electrons. The summed E-state index contributed by atoms with van der Waals surface area (Å²) in [5.41, 5.74) is -2.53. The van der Waals surface area contributed by atoms with Crippen molar-refractivity contribution in [2.75, 3.05) is 19.4 Å². The second-order valence-electron chi connectivity index (χ2n) is 12.2. The van der Waals surface area contributed by atoms with Crippen LogP contribution >= 0.6 is 0 Å². The molecule has 0 radical (unpaired) electrons. The van der Waals surface area contributed by atoms with Gasteiger partial charge in [-0.15, -0.1) is 0 Å². The normalized spacial score (nSPS) is 11.6. The molecule has 2 heterocycles. The van der Waals surface area contributed by atoms with Crippen LogP contribution in [-0.4, -0.2) is 56.6 Å². The number of carbonyl (C=O) groups is 3. The number of carbonyl (C=O) groups excluding carboxylic acids is 3. The van der Waals surface area contributed by atoms with Gasteiger partial charge >= 0.3 is 6.09 Å². The van der Waals surface area contributed by atoms with Crippen molar-refractivity contribution in [3.05, 3.63) is 99.8 Å². The fourth-order valence-electron chi connectivity index (χ4n) is 4.55. The van der Waals surface area contributed by atoms with Gasteiger partial charge in [0.15, 0.2) is 11.6 Å². The number of imidazole rings is 1. The summed E-state index contributed by atoms with van der Waals surface area (Å²) in [7, 11) is 3.24. The van der Waals surface area contributed by atoms with Crippen molar-refractivity contribution in [2.24, 2.45) is 0 Å². The molecule has 0 atom stereocenters. The van der Waals surface area contributed by atoms with Gasteiger partial charge in [0.1, 0.15) is 40.9 Å². The smallest absolute Gasteiger partial charge is 0.420 e. The number of ether oxygens (including phenoxy) is 2. The zero-order chi connectivity index (χ0) is 36.0. The maximum atomic E-state index is 15.1. The van der Waals surface area contributed by atoms with Crippen LogP contribution in [0.3, 0.4) is 0 Å². The van der Waals surface area contributed by atoms with E-state index in [1.54, 1.807) is 40.9 Å². The second-order valence-corrected chi connectivity index (χ2v) is 12.2. The molecule has 0 aliphatic heterocycles. The number of allylic oxidation sites excluding steroid dienone is 1. The maximum absolute atomic E-state index is 15.1. The predicted molar refractivity (Wildman–Crippen MR) is 172 cm³/mol. The molecule has 0 unspecified atom stereocenters. The highest BCUT2D eigenvalue weighted by Crippen LogP contribution is 2.33. The van der Waals surface area contributed by atoms with E-state index in [4.69, 9.17) is 9.47 Å². The molecule has 0 saturated heterocycles. The molecule has 2 aromatic carbocycles. The van der Waals surface area contributed by atoms with E-state index in [2.05, 4.69) is 10.3 Å². The van der Waals surface area contributed by atoms with Crippen molar-refractivity contribution in [2.45, 2.75) is 58.8 Å². The van der Waals surface area contributed by atoms with Crippen LogP contribution in [0.2, 0.25) is 0 Å². The largest absolute Gasteiger partial charge is 0.483 e. The van der Waals surface area contributed by atoms with E-state index >= 15 is 4.39 Å². The van der Waals surface area contributed by atoms with Crippen molar-refractivity contribution < 1.29 is 41.4 Å². The van der Waals surface area contributed by atoms with E-state index in [-0.39, 0.29) is 40.4 Å². The number of nitrogens with one attached hydrogen (secondary N) is 1. The molecule has 0 aliphatic carbocycles. The first-order valence-corrected chi connectivity index (χ1v) is 15.1. The molecule has 2 aromatic heterocycles. The zero-order valence-corrected chi connectivity index (χ0v) is 27.5.